The van der Waals surface area contributed by atoms with Gasteiger partial charge in [-0.2, -0.15) is 0 Å². The molecule has 0 atom stereocenters. The van der Waals surface area contributed by atoms with Crippen molar-refractivity contribution in [2.24, 2.45) is 10.9 Å². The van der Waals surface area contributed by atoms with Crippen molar-refractivity contribution >= 4 is 5.96 Å². The summed E-state index contributed by atoms with van der Waals surface area (Å²) in [5.41, 5.74) is 2.38. The van der Waals surface area contributed by atoms with Gasteiger partial charge in [-0.3, -0.25) is 9.89 Å². The van der Waals surface area contributed by atoms with Crippen LogP contribution in [0, 0.1) is 5.92 Å². The van der Waals surface area contributed by atoms with Crippen molar-refractivity contribution < 1.29 is 4.74 Å². The van der Waals surface area contributed by atoms with Crippen molar-refractivity contribution in [3.63, 3.8) is 0 Å². The molecule has 2 aliphatic rings. The topological polar surface area (TPSA) is 61.8 Å². The zero-order valence-electron chi connectivity index (χ0n) is 16.7. The number of ether oxygens (including phenoxy) is 1. The van der Waals surface area contributed by atoms with Crippen LogP contribution >= 0.6 is 0 Å². The number of nitrogens with zero attached hydrogens (tertiary/aromatic N) is 3. The number of guanidine groups is 1. The molecule has 2 heterocycles. The fourth-order valence-corrected chi connectivity index (χ4v) is 3.32. The van der Waals surface area contributed by atoms with E-state index in [9.17, 15) is 0 Å². The summed E-state index contributed by atoms with van der Waals surface area (Å²) in [6, 6.07) is 4.49. The Balaban J connectivity index is 1.41. The number of nitrogens with one attached hydrogen (secondary N) is 2. The van der Waals surface area contributed by atoms with E-state index in [0.717, 1.165) is 56.5 Å². The summed E-state index contributed by atoms with van der Waals surface area (Å²) in [5.74, 6) is 2.30. The Kier molecular flexibility index (Phi) is 7.10. The first-order chi connectivity index (χ1) is 13.1. The van der Waals surface area contributed by atoms with Gasteiger partial charge >= 0.3 is 0 Å². The average Bonchev–Trinajstić information content (AvgIpc) is 3.49. The first kappa shape index (κ1) is 19.7. The van der Waals surface area contributed by atoms with E-state index in [1.54, 1.807) is 0 Å². The lowest BCUT2D eigenvalue weighted by Gasteiger charge is -2.33. The molecule has 0 unspecified atom stereocenters. The van der Waals surface area contributed by atoms with E-state index in [-0.39, 0.29) is 0 Å². The summed E-state index contributed by atoms with van der Waals surface area (Å²) in [4.78, 5) is 11.1. The monoisotopic (exact) mass is 371 g/mol. The SMILES string of the molecule is C=C(C)CN1CCC(NC(=NC)NCc2ccnc(OCC3CC3)c2)CC1. The smallest absolute Gasteiger partial charge is 0.213 e. The molecule has 148 valence electrons. The number of piperidine rings is 1. The Morgan fingerprint density at radius 2 is 2.11 bits per heavy atom. The predicted molar refractivity (Wildman–Crippen MR) is 110 cm³/mol. The van der Waals surface area contributed by atoms with Gasteiger partial charge in [0.25, 0.3) is 0 Å². The maximum Gasteiger partial charge on any atom is 0.213 e. The van der Waals surface area contributed by atoms with E-state index < -0.39 is 0 Å². The lowest BCUT2D eigenvalue weighted by Crippen LogP contribution is -2.48. The number of pyridine rings is 1. The molecule has 0 bridgehead atoms. The average molecular weight is 372 g/mol. The van der Waals surface area contributed by atoms with Gasteiger partial charge in [0.1, 0.15) is 0 Å². The molecule has 0 amide bonds. The van der Waals surface area contributed by atoms with E-state index in [1.807, 2.05) is 25.4 Å². The molecule has 1 aromatic rings. The van der Waals surface area contributed by atoms with Gasteiger partial charge in [0, 0.05) is 51.5 Å². The van der Waals surface area contributed by atoms with Crippen LogP contribution < -0.4 is 15.4 Å². The normalized spacial score (nSPS) is 19.0. The molecule has 0 radical (unpaired) electrons. The van der Waals surface area contributed by atoms with Crippen LogP contribution in [0.25, 0.3) is 0 Å². The molecule has 2 N–H and O–H groups in total. The minimum absolute atomic E-state index is 0.465. The lowest BCUT2D eigenvalue weighted by atomic mass is 10.0. The molecular formula is C21H33N5O. The third-order valence-electron chi connectivity index (χ3n) is 5.07. The Hall–Kier alpha value is -2.08. The largest absolute Gasteiger partial charge is 0.477 e. The van der Waals surface area contributed by atoms with E-state index in [0.29, 0.717) is 18.5 Å². The fraction of sp³-hybridized carbons (Fsp3) is 0.619. The van der Waals surface area contributed by atoms with Crippen LogP contribution in [0.4, 0.5) is 0 Å². The highest BCUT2D eigenvalue weighted by Crippen LogP contribution is 2.29. The number of hydrogen-bond donors (Lipinski definition) is 2. The zero-order valence-corrected chi connectivity index (χ0v) is 16.7. The Labute approximate surface area is 163 Å². The molecule has 6 heteroatoms. The van der Waals surface area contributed by atoms with Crippen LogP contribution in [0.1, 0.15) is 38.2 Å². The predicted octanol–water partition coefficient (Wildman–Crippen LogP) is 2.58. The molecule has 6 nitrogen and oxygen atoms in total. The second-order valence-corrected chi connectivity index (χ2v) is 7.83. The summed E-state index contributed by atoms with van der Waals surface area (Å²) in [7, 11) is 1.82. The third-order valence-corrected chi connectivity index (χ3v) is 5.07. The summed E-state index contributed by atoms with van der Waals surface area (Å²) in [6.45, 7) is 10.8. The van der Waals surface area contributed by atoms with Crippen LogP contribution in [-0.4, -0.2) is 55.2 Å². The van der Waals surface area contributed by atoms with Crippen molar-refractivity contribution in [1.29, 1.82) is 0 Å². The highest BCUT2D eigenvalue weighted by atomic mass is 16.5. The molecule has 2 fully saturated rings. The number of likely N-dealkylation sites (tertiary alicyclic amines) is 1. The van der Waals surface area contributed by atoms with Crippen LogP contribution in [0.15, 0.2) is 35.5 Å². The summed E-state index contributed by atoms with van der Waals surface area (Å²) >= 11 is 0. The van der Waals surface area contributed by atoms with E-state index in [2.05, 4.69) is 39.0 Å². The van der Waals surface area contributed by atoms with Gasteiger partial charge in [-0.05, 0) is 50.2 Å². The summed E-state index contributed by atoms with van der Waals surface area (Å²) in [6.07, 6.45) is 6.64. The van der Waals surface area contributed by atoms with Crippen molar-refractivity contribution in [2.45, 2.75) is 45.2 Å². The van der Waals surface area contributed by atoms with Gasteiger partial charge in [0.05, 0.1) is 6.61 Å². The first-order valence-corrected chi connectivity index (χ1v) is 10.0. The van der Waals surface area contributed by atoms with Crippen molar-refractivity contribution in [3.8, 4) is 5.88 Å². The van der Waals surface area contributed by atoms with Crippen LogP contribution in [0.2, 0.25) is 0 Å². The molecule has 1 aliphatic carbocycles. The highest BCUT2D eigenvalue weighted by molar-refractivity contribution is 5.79. The molecule has 3 rings (SSSR count). The fourth-order valence-electron chi connectivity index (χ4n) is 3.32. The minimum Gasteiger partial charge on any atom is -0.477 e. The van der Waals surface area contributed by atoms with Gasteiger partial charge in [0.15, 0.2) is 5.96 Å². The van der Waals surface area contributed by atoms with E-state index in [1.165, 1.54) is 18.4 Å². The molecule has 1 saturated heterocycles. The molecule has 1 saturated carbocycles. The Morgan fingerprint density at radius 1 is 1.33 bits per heavy atom. The van der Waals surface area contributed by atoms with Crippen LogP contribution in [0.5, 0.6) is 5.88 Å². The van der Waals surface area contributed by atoms with Gasteiger partial charge in [0.2, 0.25) is 5.88 Å². The lowest BCUT2D eigenvalue weighted by molar-refractivity contribution is 0.221. The Bertz CT molecular complexity index is 648. The van der Waals surface area contributed by atoms with Gasteiger partial charge in [-0.1, -0.05) is 12.2 Å². The second-order valence-electron chi connectivity index (χ2n) is 7.83. The summed E-state index contributed by atoms with van der Waals surface area (Å²) < 4.78 is 5.77. The zero-order chi connectivity index (χ0) is 19.1. The minimum atomic E-state index is 0.465. The summed E-state index contributed by atoms with van der Waals surface area (Å²) in [5, 5.41) is 6.96. The highest BCUT2D eigenvalue weighted by Gasteiger charge is 2.22. The Morgan fingerprint density at radius 3 is 2.78 bits per heavy atom. The van der Waals surface area contributed by atoms with Crippen LogP contribution in [0.3, 0.4) is 0 Å². The molecule has 1 aromatic heterocycles. The number of aromatic nitrogens is 1. The maximum atomic E-state index is 5.77. The van der Waals surface area contributed by atoms with Gasteiger partial charge in [-0.25, -0.2) is 4.98 Å². The molecular weight excluding hydrogens is 338 g/mol. The molecule has 27 heavy (non-hydrogen) atoms. The van der Waals surface area contributed by atoms with E-state index in [4.69, 9.17) is 4.74 Å². The van der Waals surface area contributed by atoms with Gasteiger partial charge in [-0.15, -0.1) is 0 Å². The van der Waals surface area contributed by atoms with Crippen LogP contribution in [-0.2, 0) is 6.54 Å². The number of hydrogen-bond acceptors (Lipinski definition) is 4. The van der Waals surface area contributed by atoms with Crippen molar-refractivity contribution in [1.82, 2.24) is 20.5 Å². The molecule has 0 aromatic carbocycles. The number of rotatable bonds is 8. The van der Waals surface area contributed by atoms with Crippen molar-refractivity contribution in [3.05, 3.63) is 36.0 Å². The third kappa shape index (κ3) is 6.86. The van der Waals surface area contributed by atoms with E-state index >= 15 is 0 Å². The standard InChI is InChI=1S/C21H33N5O/c1-16(2)14-26-10-7-19(8-11-26)25-21(22-3)24-13-18-6-9-23-20(12-18)27-15-17-4-5-17/h6,9,12,17,19H,1,4-5,7-8,10-11,13-15H2,2-3H3,(H2,22,24,25). The van der Waals surface area contributed by atoms with Gasteiger partial charge < -0.3 is 15.4 Å². The maximum absolute atomic E-state index is 5.77. The van der Waals surface area contributed by atoms with Crippen molar-refractivity contribution in [2.75, 3.05) is 33.3 Å². The quantitative estimate of drug-likeness (QED) is 0.418. The molecule has 1 aliphatic heterocycles. The first-order valence-electron chi connectivity index (χ1n) is 10.0. The second kappa shape index (κ2) is 9.74. The number of aliphatic imine (C=N–C) groups is 1. The molecule has 0 spiro atoms.